The minimum absolute atomic E-state index is 0. The molecule has 0 spiro atoms. The maximum atomic E-state index is 5.46. The van der Waals surface area contributed by atoms with Gasteiger partial charge in [0, 0.05) is 0 Å². The van der Waals surface area contributed by atoms with Crippen molar-refractivity contribution in [1.82, 2.24) is 0 Å². The van der Waals surface area contributed by atoms with Gasteiger partial charge in [0.2, 0.25) is 0 Å². The average molecular weight is 332 g/mol. The summed E-state index contributed by atoms with van der Waals surface area (Å²) in [5.74, 6) is 0. The molecule has 101 valence electrons. The third kappa shape index (κ3) is 4.21. The monoisotopic (exact) mass is 331 g/mol. The van der Waals surface area contributed by atoms with Gasteiger partial charge in [-0.05, 0) is 0 Å². The normalized spacial score (nSPS) is 15.5. The molecular weight excluding hydrogens is 315 g/mol. The predicted octanol–water partition coefficient (Wildman–Crippen LogP) is -1.64. The van der Waals surface area contributed by atoms with Crippen LogP contribution in [0.1, 0.15) is 44.4 Å². The molecule has 19 heavy (non-hydrogen) atoms. The van der Waals surface area contributed by atoms with Gasteiger partial charge >= 0.3 is 116 Å². The van der Waals surface area contributed by atoms with Gasteiger partial charge in [-0.15, -0.1) is 0 Å². The molecule has 1 atom stereocenters. The van der Waals surface area contributed by atoms with E-state index in [0.717, 1.165) is 6.42 Å². The number of hydrogen-bond donors (Lipinski definition) is 0. The molecule has 0 radical (unpaired) electrons. The molecule has 0 saturated heterocycles. The van der Waals surface area contributed by atoms with Crippen LogP contribution < -0.4 is 24.8 Å². The Labute approximate surface area is 140 Å². The summed E-state index contributed by atoms with van der Waals surface area (Å²) in [6.07, 6.45) is 3.50. The van der Waals surface area contributed by atoms with Crippen molar-refractivity contribution in [3.63, 3.8) is 0 Å². The molecule has 0 heterocycles. The second-order valence-electron chi connectivity index (χ2n) is 4.68. The molecule has 2 rings (SSSR count). The Morgan fingerprint density at radius 1 is 1.16 bits per heavy atom. The van der Waals surface area contributed by atoms with E-state index in [1.165, 1.54) is 27.8 Å². The van der Waals surface area contributed by atoms with Gasteiger partial charge in [-0.1, -0.05) is 0 Å². The van der Waals surface area contributed by atoms with Gasteiger partial charge in [-0.25, -0.2) is 0 Å². The van der Waals surface area contributed by atoms with Crippen LogP contribution in [0.5, 0.6) is 0 Å². The molecule has 1 unspecified atom stereocenters. The van der Waals surface area contributed by atoms with E-state index in [-0.39, 0.29) is 30.9 Å². The first-order valence-corrected chi connectivity index (χ1v) is 6.56. The van der Waals surface area contributed by atoms with Crippen molar-refractivity contribution in [2.45, 2.75) is 33.3 Å². The van der Waals surface area contributed by atoms with Crippen molar-refractivity contribution in [2.24, 2.45) is 0 Å². The van der Waals surface area contributed by atoms with Gasteiger partial charge in [0.1, 0.15) is 0 Å². The zero-order valence-corrected chi connectivity index (χ0v) is 14.4. The fourth-order valence-corrected chi connectivity index (χ4v) is 2.62. The molecular formula is C15H17Cl2OTi. The van der Waals surface area contributed by atoms with Gasteiger partial charge < -0.3 is 24.8 Å². The van der Waals surface area contributed by atoms with E-state index in [9.17, 15) is 0 Å². The second-order valence-corrected chi connectivity index (χ2v) is 5.04. The largest absolute Gasteiger partial charge is 1.00 e. The van der Waals surface area contributed by atoms with Crippen molar-refractivity contribution in [1.29, 1.82) is 0 Å². The molecule has 0 amide bonds. The van der Waals surface area contributed by atoms with E-state index in [2.05, 4.69) is 51.1 Å². The van der Waals surface area contributed by atoms with Crippen LogP contribution in [0.3, 0.4) is 0 Å². The quantitative estimate of drug-likeness (QED) is 0.604. The van der Waals surface area contributed by atoms with Crippen LogP contribution >= 0.6 is 0 Å². The van der Waals surface area contributed by atoms with Gasteiger partial charge in [-0.3, -0.25) is 0 Å². The zero-order chi connectivity index (χ0) is 12.4. The molecule has 1 aliphatic rings. The minimum Gasteiger partial charge on any atom is -1.00 e. The Morgan fingerprint density at radius 2 is 1.79 bits per heavy atom. The molecule has 1 aromatic carbocycles. The summed E-state index contributed by atoms with van der Waals surface area (Å²) in [5, 5.41) is 0. The molecule has 0 bridgehead atoms. The molecule has 0 saturated carbocycles. The van der Waals surface area contributed by atoms with Crippen LogP contribution in [0, 0.1) is 0 Å². The van der Waals surface area contributed by atoms with Crippen molar-refractivity contribution < 1.29 is 49.0 Å². The standard InChI is InChI=1S/C15H17O.2ClH.Ti/c1-10-8-11(2)15(9-10)14-7-5-4-6-13(14)12(3)16;;;/h4-8,12H,9H2,1-3H3;2*1H;/q-1;;;+3/p-2. The predicted molar refractivity (Wildman–Crippen MR) is 66.9 cm³/mol. The second kappa shape index (κ2) is 8.29. The summed E-state index contributed by atoms with van der Waals surface area (Å²) in [6, 6.07) is 8.56. The number of rotatable bonds is 3. The van der Waals surface area contributed by atoms with Gasteiger partial charge in [0.25, 0.3) is 0 Å². The Morgan fingerprint density at radius 3 is 2.32 bits per heavy atom. The van der Waals surface area contributed by atoms with E-state index in [1.807, 2.05) is 0 Å². The molecule has 1 aromatic rings. The van der Waals surface area contributed by atoms with Crippen LogP contribution in [0.15, 0.2) is 41.5 Å². The molecule has 0 N–H and O–H groups in total. The molecule has 0 aromatic heterocycles. The summed E-state index contributed by atoms with van der Waals surface area (Å²) >= 11 is 1.76. The van der Waals surface area contributed by atoms with Crippen molar-refractivity contribution in [3.05, 3.63) is 52.6 Å². The molecule has 1 aliphatic carbocycles. The maximum absolute atomic E-state index is 5.46. The molecule has 4 heteroatoms. The fraction of sp³-hybridized carbons (Fsp3) is 0.333. The van der Waals surface area contributed by atoms with Crippen LogP contribution in [0.25, 0.3) is 5.57 Å². The summed E-state index contributed by atoms with van der Waals surface area (Å²) in [4.78, 5) is 0. The Bertz CT molecular complexity index is 495. The van der Waals surface area contributed by atoms with E-state index in [1.54, 1.807) is 20.8 Å². The molecule has 0 fully saturated rings. The average Bonchev–Trinajstić information content (AvgIpc) is 2.67. The first-order valence-electron chi connectivity index (χ1n) is 5.92. The van der Waals surface area contributed by atoms with Crippen molar-refractivity contribution >= 4 is 5.57 Å². The smallest absolute Gasteiger partial charge is 1.00 e. The maximum Gasteiger partial charge on any atom is -1.00 e. The Kier molecular flexibility index (Phi) is 8.27. The third-order valence-electron chi connectivity index (χ3n) is 3.30. The SMILES string of the molecule is CC1=CC(C)=C(c2ccccc2C(C)[O][Ti+2])C1.[Cl-].[Cl-]. The van der Waals surface area contributed by atoms with Crippen LogP contribution in [-0.4, -0.2) is 0 Å². The summed E-state index contributed by atoms with van der Waals surface area (Å²) < 4.78 is 5.46. The first kappa shape index (κ1) is 19.0. The third-order valence-corrected chi connectivity index (χ3v) is 3.85. The van der Waals surface area contributed by atoms with Crippen LogP contribution in [0.4, 0.5) is 0 Å². The number of allylic oxidation sites excluding steroid dienone is 4. The van der Waals surface area contributed by atoms with Crippen molar-refractivity contribution in [2.75, 3.05) is 0 Å². The van der Waals surface area contributed by atoms with Gasteiger partial charge in [-0.2, -0.15) is 0 Å². The van der Waals surface area contributed by atoms with E-state index in [4.69, 9.17) is 3.32 Å². The Hall–Kier alpha value is -0.0457. The summed E-state index contributed by atoms with van der Waals surface area (Å²) in [7, 11) is 0. The van der Waals surface area contributed by atoms with E-state index in [0.29, 0.717) is 0 Å². The topological polar surface area (TPSA) is 9.23 Å². The number of halogens is 2. The minimum atomic E-state index is 0. The zero-order valence-electron chi connectivity index (χ0n) is 11.3. The van der Waals surface area contributed by atoms with Crippen molar-refractivity contribution in [3.8, 4) is 0 Å². The van der Waals surface area contributed by atoms with Gasteiger partial charge in [0.05, 0.1) is 0 Å². The summed E-state index contributed by atoms with van der Waals surface area (Å²) in [6.45, 7) is 6.49. The van der Waals surface area contributed by atoms with E-state index >= 15 is 0 Å². The Balaban J connectivity index is 0.00000162. The fourth-order valence-electron chi connectivity index (χ4n) is 2.42. The summed E-state index contributed by atoms with van der Waals surface area (Å²) in [5.41, 5.74) is 6.90. The van der Waals surface area contributed by atoms with Gasteiger partial charge in [0.15, 0.2) is 0 Å². The number of benzene rings is 1. The molecule has 1 nitrogen and oxygen atoms in total. The van der Waals surface area contributed by atoms with Crippen LogP contribution in [0.2, 0.25) is 0 Å². The van der Waals surface area contributed by atoms with E-state index < -0.39 is 0 Å². The molecule has 0 aliphatic heterocycles. The number of hydrogen-bond acceptors (Lipinski definition) is 1. The van der Waals surface area contributed by atoms with Crippen LogP contribution in [-0.2, 0) is 24.1 Å². The first-order chi connectivity index (χ1) is 8.13.